The normalized spacial score (nSPS) is 30.1. The third-order valence-corrected chi connectivity index (χ3v) is 4.76. The number of ether oxygens (including phenoxy) is 1. The summed E-state index contributed by atoms with van der Waals surface area (Å²) >= 11 is 1.41. The zero-order valence-corrected chi connectivity index (χ0v) is 12.8. The monoisotopic (exact) mass is 309 g/mol. The fourth-order valence-corrected chi connectivity index (χ4v) is 3.56. The molecule has 0 saturated carbocycles. The van der Waals surface area contributed by atoms with Crippen LogP contribution in [-0.4, -0.2) is 47.0 Å². The van der Waals surface area contributed by atoms with Gasteiger partial charge in [0.15, 0.2) is 5.13 Å². The van der Waals surface area contributed by atoms with Crippen LogP contribution < -0.4 is 5.32 Å². The minimum atomic E-state index is -0.185. The summed E-state index contributed by atoms with van der Waals surface area (Å²) in [5, 5.41) is 5.31. The number of carbonyl (C=O) groups excluding carboxylic acids is 2. The Kier molecular flexibility index (Phi) is 4.21. The molecule has 0 aromatic carbocycles. The lowest BCUT2D eigenvalue weighted by atomic mass is 9.95. The molecule has 3 atom stereocenters. The summed E-state index contributed by atoms with van der Waals surface area (Å²) in [6.07, 6.45) is 4.15. The van der Waals surface area contributed by atoms with Gasteiger partial charge in [0.05, 0.1) is 5.92 Å². The average Bonchev–Trinajstić information content (AvgIpc) is 3.08. The van der Waals surface area contributed by atoms with Gasteiger partial charge in [-0.3, -0.25) is 14.5 Å². The highest BCUT2D eigenvalue weighted by Gasteiger charge is 2.39. The number of rotatable bonds is 3. The number of likely N-dealkylation sites (tertiary alicyclic amines) is 1. The largest absolute Gasteiger partial charge is 0.461 e. The van der Waals surface area contributed by atoms with Crippen LogP contribution in [0.3, 0.4) is 0 Å². The molecule has 3 unspecified atom stereocenters. The smallest absolute Gasteiger partial charge is 0.323 e. The summed E-state index contributed by atoms with van der Waals surface area (Å²) in [5.74, 6) is -0.246. The number of carbonyl (C=O) groups is 2. The Morgan fingerprint density at radius 2 is 2.43 bits per heavy atom. The summed E-state index contributed by atoms with van der Waals surface area (Å²) in [5.41, 5.74) is 0. The van der Waals surface area contributed by atoms with E-state index in [1.165, 1.54) is 11.3 Å². The molecule has 1 amide bonds. The van der Waals surface area contributed by atoms with Gasteiger partial charge in [-0.25, -0.2) is 4.98 Å². The van der Waals surface area contributed by atoms with Gasteiger partial charge >= 0.3 is 5.97 Å². The molecule has 0 bridgehead atoms. The van der Waals surface area contributed by atoms with Crippen molar-refractivity contribution in [2.45, 2.75) is 38.3 Å². The number of nitrogens with zero attached hydrogens (tertiary/aromatic N) is 2. The second-order valence-electron chi connectivity index (χ2n) is 5.66. The maximum absolute atomic E-state index is 12.3. The Labute approximate surface area is 127 Å². The fraction of sp³-hybridized carbons (Fsp3) is 0.643. The Bertz CT molecular complexity index is 520. The van der Waals surface area contributed by atoms with Gasteiger partial charge in [-0.1, -0.05) is 0 Å². The number of hydrogen-bond acceptors (Lipinski definition) is 6. The molecular weight excluding hydrogens is 290 g/mol. The number of nitrogens with one attached hydrogen (secondary N) is 1. The van der Waals surface area contributed by atoms with Crippen molar-refractivity contribution < 1.29 is 14.3 Å². The summed E-state index contributed by atoms with van der Waals surface area (Å²) in [6, 6.07) is -0.185. The number of aromatic nitrogens is 1. The fourth-order valence-electron chi connectivity index (χ4n) is 3.03. The van der Waals surface area contributed by atoms with Gasteiger partial charge in [0.1, 0.15) is 12.1 Å². The highest BCUT2D eigenvalue weighted by Crippen LogP contribution is 2.26. The highest BCUT2D eigenvalue weighted by molar-refractivity contribution is 7.13. The van der Waals surface area contributed by atoms with E-state index < -0.39 is 0 Å². The molecule has 114 valence electrons. The van der Waals surface area contributed by atoms with Gasteiger partial charge in [0.2, 0.25) is 5.91 Å². The lowest BCUT2D eigenvalue weighted by molar-refractivity contribution is -0.145. The minimum absolute atomic E-state index is 0.00550. The predicted molar refractivity (Wildman–Crippen MR) is 79.0 cm³/mol. The zero-order valence-electron chi connectivity index (χ0n) is 11.9. The van der Waals surface area contributed by atoms with E-state index in [9.17, 15) is 9.59 Å². The van der Waals surface area contributed by atoms with Crippen LogP contribution in [0.5, 0.6) is 0 Å². The molecular formula is C14H19N3O3S. The first-order valence-electron chi connectivity index (χ1n) is 7.28. The highest BCUT2D eigenvalue weighted by atomic mass is 32.1. The van der Waals surface area contributed by atoms with Crippen LogP contribution in [0.15, 0.2) is 11.6 Å². The van der Waals surface area contributed by atoms with Gasteiger partial charge in [0, 0.05) is 24.5 Å². The van der Waals surface area contributed by atoms with E-state index >= 15 is 0 Å². The number of hydrogen-bond donors (Lipinski definition) is 1. The van der Waals surface area contributed by atoms with E-state index in [4.69, 9.17) is 4.74 Å². The van der Waals surface area contributed by atoms with Crippen LogP contribution in [0.2, 0.25) is 0 Å². The summed E-state index contributed by atoms with van der Waals surface area (Å²) in [6.45, 7) is 3.38. The van der Waals surface area contributed by atoms with Crippen molar-refractivity contribution in [1.82, 2.24) is 9.88 Å². The van der Waals surface area contributed by atoms with Crippen LogP contribution in [-0.2, 0) is 14.3 Å². The SMILES string of the molecule is CC1CC(N2CCCC(C(=O)Nc3nccs3)C2)C(=O)O1. The van der Waals surface area contributed by atoms with Crippen molar-refractivity contribution >= 4 is 28.3 Å². The van der Waals surface area contributed by atoms with Crippen LogP contribution >= 0.6 is 11.3 Å². The number of amides is 1. The van der Waals surface area contributed by atoms with Crippen molar-refractivity contribution in [2.75, 3.05) is 18.4 Å². The molecule has 2 aliphatic rings. The standard InChI is InChI=1S/C14H19N3O3S/c1-9-7-11(13(19)20-9)17-5-2-3-10(8-17)12(18)16-14-15-4-6-21-14/h4,6,9-11H,2-3,5,7-8H2,1H3,(H,15,16,18). The van der Waals surface area contributed by atoms with Crippen molar-refractivity contribution in [3.05, 3.63) is 11.6 Å². The maximum Gasteiger partial charge on any atom is 0.323 e. The molecule has 1 N–H and O–H groups in total. The lowest BCUT2D eigenvalue weighted by Gasteiger charge is -2.34. The minimum Gasteiger partial charge on any atom is -0.461 e. The molecule has 0 aliphatic carbocycles. The van der Waals surface area contributed by atoms with E-state index in [1.807, 2.05) is 12.3 Å². The maximum atomic E-state index is 12.3. The molecule has 3 heterocycles. The number of anilines is 1. The molecule has 1 aromatic heterocycles. The first-order valence-corrected chi connectivity index (χ1v) is 8.16. The van der Waals surface area contributed by atoms with Gasteiger partial charge in [-0.2, -0.15) is 0 Å². The number of thiazole rings is 1. The van der Waals surface area contributed by atoms with E-state index in [0.29, 0.717) is 11.7 Å². The van der Waals surface area contributed by atoms with E-state index in [-0.39, 0.29) is 29.9 Å². The average molecular weight is 309 g/mol. The van der Waals surface area contributed by atoms with Crippen molar-refractivity contribution in [1.29, 1.82) is 0 Å². The lowest BCUT2D eigenvalue weighted by Crippen LogP contribution is -2.47. The molecule has 21 heavy (non-hydrogen) atoms. The number of cyclic esters (lactones) is 1. The van der Waals surface area contributed by atoms with Crippen LogP contribution in [0.1, 0.15) is 26.2 Å². The number of piperidine rings is 1. The molecule has 0 radical (unpaired) electrons. The molecule has 7 heteroatoms. The molecule has 1 aromatic rings. The first kappa shape index (κ1) is 14.5. The van der Waals surface area contributed by atoms with Crippen molar-refractivity contribution in [3.63, 3.8) is 0 Å². The molecule has 2 saturated heterocycles. The van der Waals surface area contributed by atoms with Crippen LogP contribution in [0.25, 0.3) is 0 Å². The Morgan fingerprint density at radius 1 is 1.57 bits per heavy atom. The van der Waals surface area contributed by atoms with E-state index in [2.05, 4.69) is 15.2 Å². The van der Waals surface area contributed by atoms with Crippen LogP contribution in [0, 0.1) is 5.92 Å². The summed E-state index contributed by atoms with van der Waals surface area (Å²) in [4.78, 5) is 30.3. The topological polar surface area (TPSA) is 71.5 Å². The molecule has 2 fully saturated rings. The predicted octanol–water partition coefficient (Wildman–Crippen LogP) is 1.50. The van der Waals surface area contributed by atoms with Crippen molar-refractivity contribution in [2.24, 2.45) is 5.92 Å². The van der Waals surface area contributed by atoms with E-state index in [1.54, 1.807) is 6.20 Å². The van der Waals surface area contributed by atoms with E-state index in [0.717, 1.165) is 25.8 Å². The first-order chi connectivity index (χ1) is 10.1. The summed E-state index contributed by atoms with van der Waals surface area (Å²) < 4.78 is 5.22. The molecule has 0 spiro atoms. The van der Waals surface area contributed by atoms with Gasteiger partial charge < -0.3 is 10.1 Å². The number of esters is 1. The third-order valence-electron chi connectivity index (χ3n) is 4.07. The Balaban J connectivity index is 1.60. The molecule has 2 aliphatic heterocycles. The van der Waals surface area contributed by atoms with Gasteiger partial charge in [-0.15, -0.1) is 11.3 Å². The zero-order chi connectivity index (χ0) is 14.8. The second kappa shape index (κ2) is 6.11. The Morgan fingerprint density at radius 3 is 3.10 bits per heavy atom. The van der Waals surface area contributed by atoms with Gasteiger partial charge in [-0.05, 0) is 26.3 Å². The Hall–Kier alpha value is -1.47. The van der Waals surface area contributed by atoms with Crippen LogP contribution in [0.4, 0.5) is 5.13 Å². The summed E-state index contributed by atoms with van der Waals surface area (Å²) in [7, 11) is 0. The quantitative estimate of drug-likeness (QED) is 0.857. The molecule has 6 nitrogen and oxygen atoms in total. The van der Waals surface area contributed by atoms with Crippen molar-refractivity contribution in [3.8, 4) is 0 Å². The second-order valence-corrected chi connectivity index (χ2v) is 6.55. The molecule has 3 rings (SSSR count). The third kappa shape index (κ3) is 3.24. The van der Waals surface area contributed by atoms with Gasteiger partial charge in [0.25, 0.3) is 0 Å².